The van der Waals surface area contributed by atoms with Gasteiger partial charge in [0, 0.05) is 29.7 Å². The third kappa shape index (κ3) is 4.54. The Labute approximate surface area is 242 Å². The second kappa shape index (κ2) is 10.7. The Morgan fingerprint density at radius 2 is 1.85 bits per heavy atom. The number of carbonyl (C=O) groups excluding carboxylic acids is 3. The maximum absolute atomic E-state index is 13.9. The number of benzene rings is 1. The van der Waals surface area contributed by atoms with E-state index in [1.165, 1.54) is 11.0 Å². The molecule has 41 heavy (non-hydrogen) atoms. The number of amides is 1. The number of aromatic hydroxyl groups is 1. The number of Topliss-reactive ketones (excluding diaryl/α,β-unsaturated/α-hetero) is 2. The molecule has 1 saturated heterocycles. The number of nitrogens with zero attached hydrogens (tertiary/aromatic N) is 2. The number of phenols is 1. The largest absolute Gasteiger partial charge is 0.508 e. The van der Waals surface area contributed by atoms with Crippen LogP contribution < -0.4 is 5.73 Å². The standard InChI is InChI=1S/C29H36ClN3O8/c1-32(2)23-17-10-14-9-16-20(18(35)11-15(22(16)30)12-33-6-3-13(4-7-33)5-8-34)24(36)19(14)26(38)29(17,41)27(39)21(25(23)37)28(31)40/h11,13-14,17,23,34-36,39,41H,3-10,12H2,1-2H3,(H2,31,40)/t14-,17-,23-,29-/m0/s1. The average molecular weight is 590 g/mol. The fourth-order valence-corrected chi connectivity index (χ4v) is 7.60. The van der Waals surface area contributed by atoms with Gasteiger partial charge >= 0.3 is 0 Å². The van der Waals surface area contributed by atoms with Gasteiger partial charge in [0.15, 0.2) is 11.4 Å². The monoisotopic (exact) mass is 589 g/mol. The lowest BCUT2D eigenvalue weighted by Crippen LogP contribution is -2.65. The van der Waals surface area contributed by atoms with Crippen molar-refractivity contribution in [2.75, 3.05) is 33.8 Å². The van der Waals surface area contributed by atoms with E-state index in [0.717, 1.165) is 32.4 Å². The number of carbonyl (C=O) groups is 3. The number of likely N-dealkylation sites (tertiary alicyclic amines) is 1. The van der Waals surface area contributed by atoms with Crippen LogP contribution in [0.2, 0.25) is 5.02 Å². The number of phenolic OH excluding ortho intramolecular Hbond substituents is 1. The van der Waals surface area contributed by atoms with Crippen molar-refractivity contribution in [3.63, 3.8) is 0 Å². The number of fused-ring (bicyclic) bond motifs is 3. The van der Waals surface area contributed by atoms with Crippen molar-refractivity contribution >= 4 is 34.8 Å². The van der Waals surface area contributed by atoms with Crippen LogP contribution in [0.25, 0.3) is 5.76 Å². The number of likely N-dealkylation sites (N-methyl/N-ethyl adjacent to an activating group) is 1. The van der Waals surface area contributed by atoms with Crippen LogP contribution in [0.15, 0.2) is 23.0 Å². The normalized spacial score (nSPS) is 29.1. The van der Waals surface area contributed by atoms with Gasteiger partial charge in [-0.3, -0.25) is 24.2 Å². The van der Waals surface area contributed by atoms with Crippen LogP contribution in [-0.2, 0) is 27.3 Å². The number of hydrogen-bond acceptors (Lipinski definition) is 10. The molecular formula is C29H36ClN3O8. The Bertz CT molecular complexity index is 1380. The first-order chi connectivity index (χ1) is 19.3. The lowest BCUT2D eigenvalue weighted by molar-refractivity contribution is -0.153. The molecule has 0 aromatic heterocycles. The summed E-state index contributed by atoms with van der Waals surface area (Å²) in [6, 6.07) is 0.323. The van der Waals surface area contributed by atoms with Crippen molar-refractivity contribution in [2.24, 2.45) is 23.5 Å². The van der Waals surface area contributed by atoms with Crippen molar-refractivity contribution in [2.45, 2.75) is 50.3 Å². The molecule has 0 radical (unpaired) electrons. The van der Waals surface area contributed by atoms with E-state index in [-0.39, 0.29) is 36.3 Å². The smallest absolute Gasteiger partial charge is 0.255 e. The molecule has 4 atom stereocenters. The SMILES string of the molecule is CN(C)[C@@H]1C(=O)C(C(N)=O)=C(O)[C@@]2(O)C(=O)C3=C(O)c4c(O)cc(CN5CCC(CCO)CC5)c(Cl)c4C[C@H]3C[C@@H]12. The third-order valence-electron chi connectivity index (χ3n) is 9.37. The summed E-state index contributed by atoms with van der Waals surface area (Å²) < 4.78 is 0. The summed E-state index contributed by atoms with van der Waals surface area (Å²) in [5.41, 5.74) is 2.74. The van der Waals surface area contributed by atoms with Crippen molar-refractivity contribution in [1.29, 1.82) is 0 Å². The van der Waals surface area contributed by atoms with Crippen molar-refractivity contribution < 1.29 is 39.9 Å². The highest BCUT2D eigenvalue weighted by Crippen LogP contribution is 2.53. The van der Waals surface area contributed by atoms with Crippen LogP contribution in [-0.4, -0.2) is 98.2 Å². The molecular weight excluding hydrogens is 554 g/mol. The zero-order chi connectivity index (χ0) is 30.0. The first-order valence-electron chi connectivity index (χ1n) is 13.8. The summed E-state index contributed by atoms with van der Waals surface area (Å²) in [7, 11) is 3.11. The van der Waals surface area contributed by atoms with Gasteiger partial charge in [-0.05, 0) is 88.3 Å². The number of halogens is 1. The predicted octanol–water partition coefficient (Wildman–Crippen LogP) is 1.21. The number of hydrogen-bond donors (Lipinski definition) is 6. The molecule has 1 saturated carbocycles. The van der Waals surface area contributed by atoms with E-state index in [1.54, 1.807) is 14.1 Å². The number of ketones is 2. The predicted molar refractivity (Wildman–Crippen MR) is 149 cm³/mol. The van der Waals surface area contributed by atoms with Crippen LogP contribution in [0.1, 0.15) is 42.4 Å². The number of nitrogens with two attached hydrogens (primary N) is 1. The van der Waals surface area contributed by atoms with Crippen LogP contribution in [0.5, 0.6) is 5.75 Å². The van der Waals surface area contributed by atoms with Crippen LogP contribution in [0.3, 0.4) is 0 Å². The van der Waals surface area contributed by atoms with E-state index in [1.807, 2.05) is 0 Å². The minimum atomic E-state index is -2.67. The second-order valence-electron chi connectivity index (χ2n) is 11.9. The Hall–Kier alpha value is -2.96. The molecule has 1 amide bonds. The van der Waals surface area contributed by atoms with Gasteiger partial charge in [-0.1, -0.05) is 11.6 Å². The molecule has 1 aliphatic heterocycles. The molecule has 5 rings (SSSR count). The summed E-state index contributed by atoms with van der Waals surface area (Å²) in [5.74, 6) is -6.43. The van der Waals surface area contributed by atoms with Gasteiger partial charge in [-0.2, -0.15) is 0 Å². The quantitative estimate of drug-likeness (QED) is 0.263. The van der Waals surface area contributed by atoms with E-state index >= 15 is 0 Å². The van der Waals surface area contributed by atoms with Gasteiger partial charge in [-0.25, -0.2) is 0 Å². The van der Waals surface area contributed by atoms with Gasteiger partial charge in [0.05, 0.1) is 11.6 Å². The summed E-state index contributed by atoms with van der Waals surface area (Å²) in [6.45, 7) is 2.27. The Kier molecular flexibility index (Phi) is 7.71. The molecule has 3 aliphatic carbocycles. The number of aliphatic hydroxyl groups excluding tert-OH is 3. The minimum absolute atomic E-state index is 0.00541. The molecule has 222 valence electrons. The minimum Gasteiger partial charge on any atom is -0.508 e. The number of rotatable bonds is 6. The highest BCUT2D eigenvalue weighted by Gasteiger charge is 2.64. The van der Waals surface area contributed by atoms with Crippen LogP contribution >= 0.6 is 11.6 Å². The van der Waals surface area contributed by atoms with E-state index in [0.29, 0.717) is 28.6 Å². The number of primary amides is 1. The molecule has 1 aromatic rings. The molecule has 1 aromatic carbocycles. The van der Waals surface area contributed by atoms with Crippen molar-refractivity contribution in [1.82, 2.24) is 9.80 Å². The molecule has 2 fully saturated rings. The van der Waals surface area contributed by atoms with E-state index in [2.05, 4.69) is 4.90 Å². The fraction of sp³-hybridized carbons (Fsp3) is 0.552. The third-order valence-corrected chi connectivity index (χ3v) is 9.84. The molecule has 4 aliphatic rings. The Balaban J connectivity index is 1.55. The Morgan fingerprint density at radius 1 is 1.20 bits per heavy atom. The van der Waals surface area contributed by atoms with Crippen molar-refractivity contribution in [3.05, 3.63) is 44.7 Å². The summed E-state index contributed by atoms with van der Waals surface area (Å²) in [5, 5.41) is 54.6. The van der Waals surface area contributed by atoms with Gasteiger partial charge in [0.25, 0.3) is 5.91 Å². The first kappa shape index (κ1) is 29.5. The lowest BCUT2D eigenvalue weighted by atomic mass is 9.57. The van der Waals surface area contributed by atoms with E-state index < -0.39 is 58.0 Å². The zero-order valence-electron chi connectivity index (χ0n) is 23.1. The van der Waals surface area contributed by atoms with Gasteiger partial charge in [0.1, 0.15) is 22.8 Å². The molecule has 11 nitrogen and oxygen atoms in total. The molecule has 0 spiro atoms. The maximum Gasteiger partial charge on any atom is 0.255 e. The van der Waals surface area contributed by atoms with Gasteiger partial charge in [0.2, 0.25) is 5.78 Å². The molecule has 7 N–H and O–H groups in total. The second-order valence-corrected chi connectivity index (χ2v) is 12.3. The Morgan fingerprint density at radius 3 is 2.44 bits per heavy atom. The number of piperidine rings is 1. The average Bonchev–Trinajstić information content (AvgIpc) is 2.90. The zero-order valence-corrected chi connectivity index (χ0v) is 23.8. The lowest BCUT2D eigenvalue weighted by Gasteiger charge is -2.50. The fourth-order valence-electron chi connectivity index (χ4n) is 7.32. The summed E-state index contributed by atoms with van der Waals surface area (Å²) in [4.78, 5) is 42.9. The molecule has 12 heteroatoms. The van der Waals surface area contributed by atoms with Crippen LogP contribution in [0, 0.1) is 17.8 Å². The molecule has 0 bridgehead atoms. The first-order valence-corrected chi connectivity index (χ1v) is 14.2. The van der Waals surface area contributed by atoms with Crippen LogP contribution in [0.4, 0.5) is 0 Å². The van der Waals surface area contributed by atoms with Gasteiger partial charge < -0.3 is 31.3 Å². The molecule has 0 unspecified atom stereocenters. The highest BCUT2D eigenvalue weighted by molar-refractivity contribution is 6.32. The van der Waals surface area contributed by atoms with E-state index in [9.17, 15) is 39.9 Å². The highest BCUT2D eigenvalue weighted by atomic mass is 35.5. The topological polar surface area (TPSA) is 185 Å². The van der Waals surface area contributed by atoms with Gasteiger partial charge in [-0.15, -0.1) is 0 Å². The van der Waals surface area contributed by atoms with Crippen molar-refractivity contribution in [3.8, 4) is 5.75 Å². The number of aliphatic hydroxyl groups is 4. The summed E-state index contributed by atoms with van der Waals surface area (Å²) >= 11 is 6.87. The summed E-state index contributed by atoms with van der Waals surface area (Å²) in [6.07, 6.45) is 2.82. The maximum atomic E-state index is 13.9. The molecule has 1 heterocycles. The van der Waals surface area contributed by atoms with E-state index in [4.69, 9.17) is 17.3 Å².